The maximum absolute atomic E-state index is 12.9. The molecule has 0 bridgehead atoms. The van der Waals surface area contributed by atoms with Gasteiger partial charge in [-0.05, 0) is 70.1 Å². The second-order valence-electron chi connectivity index (χ2n) is 11.8. The summed E-state index contributed by atoms with van der Waals surface area (Å²) < 4.78 is 39.5. The Morgan fingerprint density at radius 1 is 0.722 bits per heavy atom. The van der Waals surface area contributed by atoms with E-state index in [0.717, 1.165) is 38.5 Å². The molecule has 9 nitrogen and oxygen atoms in total. The zero-order chi connectivity index (χ0) is 24.7. The van der Waals surface area contributed by atoms with Crippen molar-refractivity contribution in [2.24, 2.45) is 23.7 Å². The molecule has 0 amide bonds. The van der Waals surface area contributed by atoms with E-state index in [1.54, 1.807) is 0 Å². The van der Waals surface area contributed by atoms with Gasteiger partial charge in [0.15, 0.2) is 0 Å². The molecular weight excluding hydrogens is 468 g/mol. The Hall–Kier alpha value is -1.26. The van der Waals surface area contributed by atoms with Crippen molar-refractivity contribution in [3.63, 3.8) is 0 Å². The van der Waals surface area contributed by atoms with Crippen molar-refractivity contribution in [1.29, 1.82) is 0 Å². The number of carbonyl (C=O) groups excluding carboxylic acids is 2. The van der Waals surface area contributed by atoms with Crippen LogP contribution < -0.4 is 0 Å². The van der Waals surface area contributed by atoms with Gasteiger partial charge in [0.1, 0.15) is 13.2 Å². The zero-order valence-electron chi connectivity index (χ0n) is 21.3. The van der Waals surface area contributed by atoms with Crippen LogP contribution in [0.2, 0.25) is 0 Å². The van der Waals surface area contributed by atoms with Crippen LogP contribution in [0.1, 0.15) is 58.3 Å². The number of carbonyl (C=O) groups is 2. The third-order valence-corrected chi connectivity index (χ3v) is 9.10. The molecule has 0 N–H and O–H groups in total. The maximum atomic E-state index is 12.9. The van der Waals surface area contributed by atoms with Gasteiger partial charge in [0.2, 0.25) is 0 Å². The fourth-order valence-corrected chi connectivity index (χ4v) is 6.64. The molecule has 6 aliphatic rings. The first-order valence-corrected chi connectivity index (χ1v) is 14.0. The molecule has 10 unspecified atom stereocenters. The molecule has 9 heteroatoms. The van der Waals surface area contributed by atoms with E-state index in [4.69, 9.17) is 33.2 Å². The van der Waals surface area contributed by atoms with E-state index >= 15 is 0 Å². The summed E-state index contributed by atoms with van der Waals surface area (Å²) >= 11 is 0. The third kappa shape index (κ3) is 5.90. The Morgan fingerprint density at radius 2 is 1.28 bits per heavy atom. The van der Waals surface area contributed by atoms with Gasteiger partial charge in [0.05, 0.1) is 61.2 Å². The zero-order valence-corrected chi connectivity index (χ0v) is 21.3. The quantitative estimate of drug-likeness (QED) is 0.223. The lowest BCUT2D eigenvalue weighted by Gasteiger charge is -2.29. The lowest BCUT2D eigenvalue weighted by Crippen LogP contribution is -2.41. The molecule has 6 rings (SSSR count). The standard InChI is InChI=1S/C27H40O9/c1-27-13-19(26(29)33-9-7-31-15-17-3-5-21-23(11-17)35-21)18(12-24(27)36-27)25(28)32-8-6-30-14-16-2-4-20-22(10-16)34-20/h16-24H,2-15H2,1H3. The van der Waals surface area contributed by atoms with Crippen LogP contribution in [0.15, 0.2) is 0 Å². The molecule has 3 heterocycles. The molecule has 10 atom stereocenters. The predicted octanol–water partition coefficient (Wildman–Crippen LogP) is 2.42. The average molecular weight is 509 g/mol. The van der Waals surface area contributed by atoms with Crippen molar-refractivity contribution < 1.29 is 42.7 Å². The molecule has 3 saturated heterocycles. The van der Waals surface area contributed by atoms with Crippen LogP contribution in [0.5, 0.6) is 0 Å². The van der Waals surface area contributed by atoms with Crippen molar-refractivity contribution in [2.45, 2.75) is 94.4 Å². The molecule has 3 aliphatic carbocycles. The van der Waals surface area contributed by atoms with E-state index < -0.39 is 11.8 Å². The molecule has 202 valence electrons. The molecule has 0 aromatic heterocycles. The van der Waals surface area contributed by atoms with E-state index in [-0.39, 0.29) is 36.9 Å². The van der Waals surface area contributed by atoms with Crippen molar-refractivity contribution in [1.82, 2.24) is 0 Å². The number of epoxide rings is 3. The van der Waals surface area contributed by atoms with Gasteiger partial charge in [-0.25, -0.2) is 0 Å². The molecule has 3 saturated carbocycles. The van der Waals surface area contributed by atoms with Gasteiger partial charge >= 0.3 is 11.9 Å². The summed E-state index contributed by atoms with van der Waals surface area (Å²) in [6, 6.07) is 0. The third-order valence-electron chi connectivity index (χ3n) is 9.10. The van der Waals surface area contributed by atoms with Crippen LogP contribution in [0, 0.1) is 23.7 Å². The normalized spacial score (nSPS) is 44.0. The fourth-order valence-electron chi connectivity index (χ4n) is 6.64. The summed E-state index contributed by atoms with van der Waals surface area (Å²) in [5.74, 6) is -0.779. The Morgan fingerprint density at radius 3 is 1.83 bits per heavy atom. The highest BCUT2D eigenvalue weighted by atomic mass is 16.6. The number of fused-ring (bicyclic) bond motifs is 3. The minimum absolute atomic E-state index is 0.00370. The van der Waals surface area contributed by atoms with Crippen LogP contribution in [0.4, 0.5) is 0 Å². The van der Waals surface area contributed by atoms with E-state index in [9.17, 15) is 9.59 Å². The lowest BCUT2D eigenvalue weighted by atomic mass is 9.74. The molecule has 3 aliphatic heterocycles. The highest BCUT2D eigenvalue weighted by molar-refractivity contribution is 5.82. The summed E-state index contributed by atoms with van der Waals surface area (Å²) in [5.41, 5.74) is -0.339. The predicted molar refractivity (Wildman–Crippen MR) is 125 cm³/mol. The van der Waals surface area contributed by atoms with Crippen molar-refractivity contribution in [3.05, 3.63) is 0 Å². The van der Waals surface area contributed by atoms with Crippen LogP contribution in [0.3, 0.4) is 0 Å². The van der Waals surface area contributed by atoms with Gasteiger partial charge in [0.25, 0.3) is 0 Å². The Bertz CT molecular complexity index is 819. The van der Waals surface area contributed by atoms with E-state index in [1.807, 2.05) is 6.92 Å². The number of esters is 2. The Balaban J connectivity index is 0.889. The fraction of sp³-hybridized carbons (Fsp3) is 0.926. The average Bonchev–Trinajstić information content (AvgIpc) is 3.77. The summed E-state index contributed by atoms with van der Waals surface area (Å²) in [4.78, 5) is 25.8. The molecular formula is C27H40O9. The number of rotatable bonds is 12. The largest absolute Gasteiger partial charge is 0.463 e. The first-order chi connectivity index (χ1) is 17.5. The second kappa shape index (κ2) is 10.5. The Kier molecular flexibility index (Phi) is 7.29. The minimum atomic E-state index is -0.557. The van der Waals surface area contributed by atoms with Crippen molar-refractivity contribution in [3.8, 4) is 0 Å². The lowest BCUT2D eigenvalue weighted by molar-refractivity contribution is -0.164. The molecule has 36 heavy (non-hydrogen) atoms. The van der Waals surface area contributed by atoms with Crippen molar-refractivity contribution >= 4 is 11.9 Å². The van der Waals surface area contributed by atoms with Crippen molar-refractivity contribution in [2.75, 3.05) is 39.6 Å². The van der Waals surface area contributed by atoms with Gasteiger partial charge in [-0.15, -0.1) is 0 Å². The maximum Gasteiger partial charge on any atom is 0.310 e. The highest BCUT2D eigenvalue weighted by Crippen LogP contribution is 2.52. The smallest absolute Gasteiger partial charge is 0.310 e. The van der Waals surface area contributed by atoms with Crippen LogP contribution in [-0.4, -0.2) is 87.7 Å². The number of ether oxygens (including phenoxy) is 7. The second-order valence-corrected chi connectivity index (χ2v) is 11.8. The first kappa shape index (κ1) is 25.0. The number of hydrogen-bond acceptors (Lipinski definition) is 9. The SMILES string of the molecule is CC12CC(C(=O)OCCOCC3CCC4OC4C3)C(C(=O)OCCOCC3CCC4OC4C3)CC1O2. The topological polar surface area (TPSA) is 109 Å². The summed E-state index contributed by atoms with van der Waals surface area (Å²) in [6.07, 6.45) is 9.47. The van der Waals surface area contributed by atoms with E-state index in [1.165, 1.54) is 0 Å². The van der Waals surface area contributed by atoms with Gasteiger partial charge in [-0.3, -0.25) is 9.59 Å². The highest BCUT2D eigenvalue weighted by Gasteiger charge is 2.61. The monoisotopic (exact) mass is 508 g/mol. The molecule has 0 radical (unpaired) electrons. The van der Waals surface area contributed by atoms with Crippen LogP contribution in [0.25, 0.3) is 0 Å². The molecule has 6 fully saturated rings. The van der Waals surface area contributed by atoms with Crippen LogP contribution >= 0.6 is 0 Å². The molecule has 0 spiro atoms. The van der Waals surface area contributed by atoms with Gasteiger partial charge in [0, 0.05) is 13.2 Å². The van der Waals surface area contributed by atoms with E-state index in [0.29, 0.717) is 75.5 Å². The summed E-state index contributed by atoms with van der Waals surface area (Å²) in [5, 5.41) is 0. The first-order valence-electron chi connectivity index (χ1n) is 14.0. The number of hydrogen-bond donors (Lipinski definition) is 0. The molecule has 0 aromatic carbocycles. The Labute approximate surface area is 212 Å². The van der Waals surface area contributed by atoms with Crippen LogP contribution in [-0.2, 0) is 42.7 Å². The van der Waals surface area contributed by atoms with Gasteiger partial charge < -0.3 is 33.2 Å². The molecule has 0 aromatic rings. The summed E-state index contributed by atoms with van der Waals surface area (Å²) in [7, 11) is 0. The minimum Gasteiger partial charge on any atom is -0.463 e. The van der Waals surface area contributed by atoms with E-state index in [2.05, 4.69) is 0 Å². The van der Waals surface area contributed by atoms with Gasteiger partial charge in [-0.1, -0.05) is 0 Å². The van der Waals surface area contributed by atoms with Gasteiger partial charge in [-0.2, -0.15) is 0 Å². The summed E-state index contributed by atoms with van der Waals surface area (Å²) in [6.45, 7) is 4.45.